The van der Waals surface area contributed by atoms with Crippen LogP contribution in [0.15, 0.2) is 36.4 Å². The average molecular weight is 304 g/mol. The summed E-state index contributed by atoms with van der Waals surface area (Å²) in [6.45, 7) is 0. The minimum Gasteiger partial charge on any atom is -0.493 e. The fourth-order valence-corrected chi connectivity index (χ4v) is 1.63. The maximum absolute atomic E-state index is 13.7. The molecule has 7 heteroatoms. The molecule has 0 saturated carbocycles. The minimum atomic E-state index is -4.84. The van der Waals surface area contributed by atoms with Gasteiger partial charge in [0.15, 0.2) is 28.9 Å². The highest BCUT2D eigenvalue weighted by Gasteiger charge is 2.33. The number of hydrogen-bond acceptors (Lipinski definition) is 2. The number of methoxy groups -OCH3 is 1. The lowest BCUT2D eigenvalue weighted by atomic mass is 10.2. The molecule has 0 spiro atoms. The second-order valence-corrected chi connectivity index (χ2v) is 4.02. The Morgan fingerprint density at radius 1 is 0.905 bits per heavy atom. The van der Waals surface area contributed by atoms with Crippen LogP contribution in [0.2, 0.25) is 0 Å². The molecule has 2 aromatic carbocycles. The average Bonchev–Trinajstić information content (AvgIpc) is 2.42. The molecule has 0 amide bonds. The van der Waals surface area contributed by atoms with Gasteiger partial charge in [0.1, 0.15) is 0 Å². The van der Waals surface area contributed by atoms with Gasteiger partial charge in [0.2, 0.25) is 0 Å². The van der Waals surface area contributed by atoms with Gasteiger partial charge in [0.25, 0.3) is 0 Å². The van der Waals surface area contributed by atoms with Crippen molar-refractivity contribution in [2.75, 3.05) is 7.11 Å². The van der Waals surface area contributed by atoms with E-state index in [9.17, 15) is 22.0 Å². The molecule has 0 heterocycles. The van der Waals surface area contributed by atoms with Crippen molar-refractivity contribution in [2.24, 2.45) is 0 Å². The first kappa shape index (κ1) is 15.1. The normalized spacial score (nSPS) is 11.3. The standard InChI is InChI=1S/C14H9F5O2/c1-20-11-4-2-3-5-12(11)21-13-9(15)6-8(7-10(13)16)14(17,18)19/h2-7H,1H3. The van der Waals surface area contributed by atoms with Gasteiger partial charge in [0.05, 0.1) is 12.7 Å². The summed E-state index contributed by atoms with van der Waals surface area (Å²) < 4.78 is 74.5. The summed E-state index contributed by atoms with van der Waals surface area (Å²) in [5.74, 6) is -3.65. The molecule has 0 unspecified atom stereocenters. The Balaban J connectivity index is 2.42. The molecule has 0 aliphatic carbocycles. The van der Waals surface area contributed by atoms with E-state index in [1.165, 1.54) is 25.3 Å². The van der Waals surface area contributed by atoms with Gasteiger partial charge in [-0.3, -0.25) is 0 Å². The van der Waals surface area contributed by atoms with E-state index in [4.69, 9.17) is 9.47 Å². The van der Waals surface area contributed by atoms with E-state index < -0.39 is 29.1 Å². The maximum atomic E-state index is 13.7. The van der Waals surface area contributed by atoms with Crippen LogP contribution in [0, 0.1) is 11.6 Å². The molecule has 0 N–H and O–H groups in total. The van der Waals surface area contributed by atoms with Crippen molar-refractivity contribution in [1.29, 1.82) is 0 Å². The van der Waals surface area contributed by atoms with E-state index in [-0.39, 0.29) is 23.6 Å². The van der Waals surface area contributed by atoms with Crippen molar-refractivity contribution < 1.29 is 31.4 Å². The summed E-state index contributed by atoms with van der Waals surface area (Å²) in [6.07, 6.45) is -4.84. The predicted molar refractivity (Wildman–Crippen MR) is 64.4 cm³/mol. The molecule has 112 valence electrons. The van der Waals surface area contributed by atoms with Gasteiger partial charge in [-0.15, -0.1) is 0 Å². The van der Waals surface area contributed by atoms with E-state index in [0.29, 0.717) is 0 Å². The number of benzene rings is 2. The smallest absolute Gasteiger partial charge is 0.416 e. The van der Waals surface area contributed by atoms with Crippen LogP contribution in [-0.2, 0) is 6.18 Å². The quantitative estimate of drug-likeness (QED) is 0.759. The number of hydrogen-bond donors (Lipinski definition) is 0. The van der Waals surface area contributed by atoms with Gasteiger partial charge in [0, 0.05) is 0 Å². The van der Waals surface area contributed by atoms with E-state index in [2.05, 4.69) is 0 Å². The summed E-state index contributed by atoms with van der Waals surface area (Å²) in [5.41, 5.74) is -1.43. The summed E-state index contributed by atoms with van der Waals surface area (Å²) >= 11 is 0. The molecule has 2 nitrogen and oxygen atoms in total. The number of para-hydroxylation sites is 2. The maximum Gasteiger partial charge on any atom is 0.416 e. The molecule has 0 aliphatic heterocycles. The van der Waals surface area contributed by atoms with Crippen LogP contribution in [0.3, 0.4) is 0 Å². The van der Waals surface area contributed by atoms with Crippen molar-refractivity contribution in [2.45, 2.75) is 6.18 Å². The third-order valence-corrected chi connectivity index (χ3v) is 2.61. The lowest BCUT2D eigenvalue weighted by molar-refractivity contribution is -0.138. The first-order valence-corrected chi connectivity index (χ1v) is 5.70. The Morgan fingerprint density at radius 3 is 1.90 bits per heavy atom. The van der Waals surface area contributed by atoms with Gasteiger partial charge in [-0.1, -0.05) is 12.1 Å². The Hall–Kier alpha value is -2.31. The molecule has 21 heavy (non-hydrogen) atoms. The van der Waals surface area contributed by atoms with Crippen LogP contribution in [0.5, 0.6) is 17.2 Å². The van der Waals surface area contributed by atoms with E-state index in [1.54, 1.807) is 6.07 Å². The fourth-order valence-electron chi connectivity index (χ4n) is 1.63. The van der Waals surface area contributed by atoms with Gasteiger partial charge >= 0.3 is 6.18 Å². The van der Waals surface area contributed by atoms with Crippen molar-refractivity contribution in [3.63, 3.8) is 0 Å². The molecule has 0 atom stereocenters. The first-order valence-electron chi connectivity index (χ1n) is 5.70. The summed E-state index contributed by atoms with van der Waals surface area (Å²) in [4.78, 5) is 0. The van der Waals surface area contributed by atoms with Crippen LogP contribution < -0.4 is 9.47 Å². The zero-order valence-corrected chi connectivity index (χ0v) is 10.7. The van der Waals surface area contributed by atoms with Gasteiger partial charge in [-0.05, 0) is 24.3 Å². The molecule has 0 bridgehead atoms. The third kappa shape index (κ3) is 3.24. The summed E-state index contributed by atoms with van der Waals surface area (Å²) in [7, 11) is 1.32. The van der Waals surface area contributed by atoms with Gasteiger partial charge in [-0.2, -0.15) is 13.2 Å². The van der Waals surface area contributed by atoms with E-state index in [1.807, 2.05) is 0 Å². The van der Waals surface area contributed by atoms with Crippen molar-refractivity contribution >= 4 is 0 Å². The van der Waals surface area contributed by atoms with Crippen LogP contribution in [0.25, 0.3) is 0 Å². The van der Waals surface area contributed by atoms with Gasteiger partial charge < -0.3 is 9.47 Å². The lowest BCUT2D eigenvalue weighted by Crippen LogP contribution is -2.07. The largest absolute Gasteiger partial charge is 0.493 e. The van der Waals surface area contributed by atoms with Crippen LogP contribution in [0.1, 0.15) is 5.56 Å². The molecule has 0 saturated heterocycles. The first-order chi connectivity index (χ1) is 9.82. The summed E-state index contributed by atoms with van der Waals surface area (Å²) in [5, 5.41) is 0. The fraction of sp³-hybridized carbons (Fsp3) is 0.143. The number of alkyl halides is 3. The Bertz CT molecular complexity index is 629. The van der Waals surface area contributed by atoms with Gasteiger partial charge in [-0.25, -0.2) is 8.78 Å². The lowest BCUT2D eigenvalue weighted by Gasteiger charge is -2.13. The third-order valence-electron chi connectivity index (χ3n) is 2.61. The second-order valence-electron chi connectivity index (χ2n) is 4.02. The summed E-state index contributed by atoms with van der Waals surface area (Å²) in [6, 6.07) is 6.33. The molecular formula is C14H9F5O2. The highest BCUT2D eigenvalue weighted by molar-refractivity contribution is 5.44. The Labute approximate surface area is 116 Å². The van der Waals surface area contributed by atoms with E-state index in [0.717, 1.165) is 0 Å². The molecular weight excluding hydrogens is 295 g/mol. The van der Waals surface area contributed by atoms with Crippen LogP contribution in [0.4, 0.5) is 22.0 Å². The number of ether oxygens (including phenoxy) is 2. The van der Waals surface area contributed by atoms with E-state index >= 15 is 0 Å². The monoisotopic (exact) mass is 304 g/mol. The number of halogens is 5. The molecule has 2 aromatic rings. The zero-order chi connectivity index (χ0) is 15.6. The van der Waals surface area contributed by atoms with Crippen LogP contribution >= 0.6 is 0 Å². The predicted octanol–water partition coefficient (Wildman–Crippen LogP) is 4.78. The Morgan fingerprint density at radius 2 is 1.43 bits per heavy atom. The minimum absolute atomic E-state index is 0.0161. The Kier molecular flexibility index (Phi) is 4.02. The molecule has 0 aliphatic rings. The number of rotatable bonds is 3. The van der Waals surface area contributed by atoms with Crippen molar-refractivity contribution in [3.8, 4) is 17.2 Å². The van der Waals surface area contributed by atoms with Crippen LogP contribution in [-0.4, -0.2) is 7.11 Å². The SMILES string of the molecule is COc1ccccc1Oc1c(F)cc(C(F)(F)F)cc1F. The highest BCUT2D eigenvalue weighted by atomic mass is 19.4. The molecule has 0 radical (unpaired) electrons. The molecule has 0 fully saturated rings. The second kappa shape index (κ2) is 5.59. The van der Waals surface area contributed by atoms with Crippen molar-refractivity contribution in [3.05, 3.63) is 53.6 Å². The molecule has 0 aromatic heterocycles. The molecule has 2 rings (SSSR count). The zero-order valence-electron chi connectivity index (χ0n) is 10.7. The van der Waals surface area contributed by atoms with Crippen molar-refractivity contribution in [1.82, 2.24) is 0 Å². The topological polar surface area (TPSA) is 18.5 Å². The highest BCUT2D eigenvalue weighted by Crippen LogP contribution is 2.37.